The van der Waals surface area contributed by atoms with Gasteiger partial charge in [0.25, 0.3) is 0 Å². The monoisotopic (exact) mass is 167 g/mol. The summed E-state index contributed by atoms with van der Waals surface area (Å²) in [6.07, 6.45) is -4.08. The van der Waals surface area contributed by atoms with Crippen LogP contribution in [0.4, 0.5) is 13.2 Å². The molecular weight excluding hydrogens is 155 g/mol. The SMILES string of the molecule is CC[C@@H](C(C)=NC)C(F)(F)F. The van der Waals surface area contributed by atoms with E-state index in [4.69, 9.17) is 0 Å². The third-order valence-electron chi connectivity index (χ3n) is 1.66. The van der Waals surface area contributed by atoms with Gasteiger partial charge in [-0.05, 0) is 13.3 Å². The molecular formula is C7H12F3N. The van der Waals surface area contributed by atoms with Gasteiger partial charge < -0.3 is 0 Å². The fourth-order valence-corrected chi connectivity index (χ4v) is 0.920. The third kappa shape index (κ3) is 2.91. The second-order valence-corrected chi connectivity index (χ2v) is 2.37. The van der Waals surface area contributed by atoms with E-state index >= 15 is 0 Å². The van der Waals surface area contributed by atoms with E-state index in [9.17, 15) is 13.2 Å². The van der Waals surface area contributed by atoms with E-state index in [0.29, 0.717) is 0 Å². The molecule has 1 atom stereocenters. The fourth-order valence-electron chi connectivity index (χ4n) is 0.920. The molecule has 0 fully saturated rings. The van der Waals surface area contributed by atoms with Gasteiger partial charge in [-0.15, -0.1) is 0 Å². The van der Waals surface area contributed by atoms with Crippen LogP contribution in [0, 0.1) is 5.92 Å². The van der Waals surface area contributed by atoms with Gasteiger partial charge >= 0.3 is 6.18 Å². The predicted molar refractivity (Wildman–Crippen MR) is 38.9 cm³/mol. The molecule has 0 bridgehead atoms. The molecule has 0 rings (SSSR count). The molecule has 0 spiro atoms. The van der Waals surface area contributed by atoms with Crippen LogP contribution in [0.15, 0.2) is 4.99 Å². The Morgan fingerprint density at radius 1 is 1.45 bits per heavy atom. The normalized spacial score (nSPS) is 16.7. The molecule has 0 saturated heterocycles. The van der Waals surface area contributed by atoms with Crippen LogP contribution in [0.1, 0.15) is 20.3 Å². The molecule has 0 unspecified atom stereocenters. The molecule has 0 saturated carbocycles. The minimum atomic E-state index is -4.14. The average molecular weight is 167 g/mol. The Bertz CT molecular complexity index is 148. The van der Waals surface area contributed by atoms with E-state index in [-0.39, 0.29) is 12.1 Å². The summed E-state index contributed by atoms with van der Waals surface area (Å²) >= 11 is 0. The van der Waals surface area contributed by atoms with Crippen molar-refractivity contribution in [3.63, 3.8) is 0 Å². The highest BCUT2D eigenvalue weighted by atomic mass is 19.4. The van der Waals surface area contributed by atoms with Crippen LogP contribution in [-0.4, -0.2) is 18.9 Å². The zero-order chi connectivity index (χ0) is 9.07. The lowest BCUT2D eigenvalue weighted by molar-refractivity contribution is -0.155. The van der Waals surface area contributed by atoms with Gasteiger partial charge in [-0.2, -0.15) is 13.2 Å². The summed E-state index contributed by atoms with van der Waals surface area (Å²) < 4.78 is 36.2. The summed E-state index contributed by atoms with van der Waals surface area (Å²) in [4.78, 5) is 3.52. The molecule has 0 aliphatic heterocycles. The lowest BCUT2D eigenvalue weighted by Gasteiger charge is -2.17. The van der Waals surface area contributed by atoms with E-state index in [0.717, 1.165) is 0 Å². The second kappa shape index (κ2) is 3.74. The minimum Gasteiger partial charge on any atom is -0.297 e. The van der Waals surface area contributed by atoms with Crippen LogP contribution in [0.5, 0.6) is 0 Å². The minimum absolute atomic E-state index is 0.0622. The van der Waals surface area contributed by atoms with Crippen molar-refractivity contribution in [1.29, 1.82) is 0 Å². The van der Waals surface area contributed by atoms with E-state index < -0.39 is 12.1 Å². The van der Waals surface area contributed by atoms with Crippen LogP contribution in [-0.2, 0) is 0 Å². The number of alkyl halides is 3. The number of rotatable bonds is 2. The molecule has 0 aromatic heterocycles. The van der Waals surface area contributed by atoms with Crippen molar-refractivity contribution in [2.24, 2.45) is 10.9 Å². The second-order valence-electron chi connectivity index (χ2n) is 2.37. The predicted octanol–water partition coefficient (Wildman–Crippen LogP) is 2.67. The Labute approximate surface area is 64.3 Å². The molecule has 0 aliphatic carbocycles. The van der Waals surface area contributed by atoms with Crippen molar-refractivity contribution < 1.29 is 13.2 Å². The van der Waals surface area contributed by atoms with Gasteiger partial charge in [0.2, 0.25) is 0 Å². The number of halogens is 3. The molecule has 0 heterocycles. The molecule has 11 heavy (non-hydrogen) atoms. The number of nitrogens with zero attached hydrogens (tertiary/aromatic N) is 1. The smallest absolute Gasteiger partial charge is 0.297 e. The summed E-state index contributed by atoms with van der Waals surface area (Å²) in [5.41, 5.74) is 0.153. The summed E-state index contributed by atoms with van der Waals surface area (Å²) in [6, 6.07) is 0. The molecule has 0 N–H and O–H groups in total. The number of hydrogen-bond donors (Lipinski definition) is 0. The molecule has 0 aromatic carbocycles. The molecule has 66 valence electrons. The Kier molecular flexibility index (Phi) is 3.55. The van der Waals surface area contributed by atoms with Gasteiger partial charge in [-0.1, -0.05) is 6.92 Å². The van der Waals surface area contributed by atoms with Crippen LogP contribution in [0.2, 0.25) is 0 Å². The van der Waals surface area contributed by atoms with Crippen LogP contribution in [0.3, 0.4) is 0 Å². The quantitative estimate of drug-likeness (QED) is 0.560. The average Bonchev–Trinajstić information content (AvgIpc) is 1.86. The molecule has 0 aliphatic rings. The largest absolute Gasteiger partial charge is 0.396 e. The topological polar surface area (TPSA) is 12.4 Å². The standard InChI is InChI=1S/C7H12F3N/c1-4-6(5(2)11-3)7(8,9)10/h6H,4H2,1-3H3/t6-/m0/s1. The summed E-state index contributed by atoms with van der Waals surface area (Å²) in [5, 5.41) is 0. The van der Waals surface area contributed by atoms with E-state index in [1.807, 2.05) is 0 Å². The molecule has 0 aromatic rings. The summed E-state index contributed by atoms with van der Waals surface area (Å²) in [7, 11) is 1.38. The molecule has 0 radical (unpaired) electrons. The number of aliphatic imine (C=N–C) groups is 1. The van der Waals surface area contributed by atoms with Crippen LogP contribution < -0.4 is 0 Å². The first-order chi connectivity index (χ1) is 4.93. The summed E-state index contributed by atoms with van der Waals surface area (Å²) in [6.45, 7) is 2.91. The van der Waals surface area contributed by atoms with Crippen molar-refractivity contribution in [2.45, 2.75) is 26.4 Å². The highest BCUT2D eigenvalue weighted by molar-refractivity contribution is 5.84. The van der Waals surface area contributed by atoms with Crippen molar-refractivity contribution >= 4 is 5.71 Å². The van der Waals surface area contributed by atoms with Gasteiger partial charge in [0.1, 0.15) is 0 Å². The van der Waals surface area contributed by atoms with E-state index in [1.165, 1.54) is 20.9 Å². The summed E-state index contributed by atoms with van der Waals surface area (Å²) in [5.74, 6) is -1.37. The van der Waals surface area contributed by atoms with Crippen molar-refractivity contribution in [3.05, 3.63) is 0 Å². The van der Waals surface area contributed by atoms with Gasteiger partial charge in [0.15, 0.2) is 0 Å². The molecule has 4 heteroatoms. The molecule has 0 amide bonds. The maximum atomic E-state index is 12.1. The highest BCUT2D eigenvalue weighted by Crippen LogP contribution is 2.29. The Morgan fingerprint density at radius 2 is 1.91 bits per heavy atom. The number of hydrogen-bond acceptors (Lipinski definition) is 1. The lowest BCUT2D eigenvalue weighted by Crippen LogP contribution is -2.28. The van der Waals surface area contributed by atoms with Gasteiger partial charge in [0.05, 0.1) is 5.92 Å². The first-order valence-corrected chi connectivity index (χ1v) is 3.43. The molecule has 1 nitrogen and oxygen atoms in total. The Hall–Kier alpha value is -0.540. The fraction of sp³-hybridized carbons (Fsp3) is 0.857. The first kappa shape index (κ1) is 10.5. The van der Waals surface area contributed by atoms with Crippen molar-refractivity contribution in [1.82, 2.24) is 0 Å². The maximum absolute atomic E-state index is 12.1. The third-order valence-corrected chi connectivity index (χ3v) is 1.66. The Morgan fingerprint density at radius 3 is 2.00 bits per heavy atom. The van der Waals surface area contributed by atoms with E-state index in [1.54, 1.807) is 0 Å². The highest BCUT2D eigenvalue weighted by Gasteiger charge is 2.39. The van der Waals surface area contributed by atoms with Crippen LogP contribution >= 0.6 is 0 Å². The van der Waals surface area contributed by atoms with Gasteiger partial charge in [-0.3, -0.25) is 4.99 Å². The Balaban J connectivity index is 4.42. The maximum Gasteiger partial charge on any atom is 0.396 e. The zero-order valence-corrected chi connectivity index (χ0v) is 6.87. The van der Waals surface area contributed by atoms with Crippen molar-refractivity contribution in [2.75, 3.05) is 7.05 Å². The van der Waals surface area contributed by atoms with E-state index in [2.05, 4.69) is 4.99 Å². The van der Waals surface area contributed by atoms with Gasteiger partial charge in [-0.25, -0.2) is 0 Å². The van der Waals surface area contributed by atoms with Gasteiger partial charge in [0, 0.05) is 12.8 Å². The van der Waals surface area contributed by atoms with Crippen molar-refractivity contribution in [3.8, 4) is 0 Å². The zero-order valence-electron chi connectivity index (χ0n) is 6.87. The van der Waals surface area contributed by atoms with Crippen LogP contribution in [0.25, 0.3) is 0 Å². The first-order valence-electron chi connectivity index (χ1n) is 3.43. The lowest BCUT2D eigenvalue weighted by atomic mass is 10.0.